The molecule has 0 saturated heterocycles. The Morgan fingerprint density at radius 1 is 1.26 bits per heavy atom. The number of carbonyl (C=O) groups excluding carboxylic acids is 1. The van der Waals surface area contributed by atoms with Gasteiger partial charge in [0.25, 0.3) is 0 Å². The van der Waals surface area contributed by atoms with Crippen LogP contribution in [-0.2, 0) is 4.79 Å². The first kappa shape index (κ1) is 17.7. The van der Waals surface area contributed by atoms with Gasteiger partial charge in [-0.2, -0.15) is 0 Å². The van der Waals surface area contributed by atoms with Crippen molar-refractivity contribution < 1.29 is 9.18 Å². The third kappa shape index (κ3) is 4.19. The molecule has 0 atom stereocenters. The van der Waals surface area contributed by atoms with Crippen LogP contribution in [0.1, 0.15) is 30.1 Å². The molecule has 3 aromatic rings. The molecule has 7 heteroatoms. The zero-order chi connectivity index (χ0) is 18.8. The van der Waals surface area contributed by atoms with Gasteiger partial charge in [0, 0.05) is 5.92 Å². The molecule has 1 heterocycles. The van der Waals surface area contributed by atoms with Crippen molar-refractivity contribution in [2.24, 2.45) is 0 Å². The molecule has 138 valence electrons. The summed E-state index contributed by atoms with van der Waals surface area (Å²) in [5, 5.41) is 7.72. The molecule has 0 unspecified atom stereocenters. The minimum absolute atomic E-state index is 0.121. The number of thioether (sulfide) groups is 1. The number of hydrogen-bond donors (Lipinski definition) is 1. The number of hydrogen-bond acceptors (Lipinski definition) is 4. The first-order valence-electron chi connectivity index (χ1n) is 8.81. The standard InChI is InChI=1S/C20H19FN4OS/c1-13-7-10-17(16(21)11-13)22-18(26)12-27-20-23-19(14-8-9-14)25(24-20)15-5-3-2-4-6-15/h2-7,10-11,14H,8-9,12H2,1H3,(H,22,26). The van der Waals surface area contributed by atoms with E-state index >= 15 is 0 Å². The fourth-order valence-corrected chi connectivity index (χ4v) is 3.40. The number of carbonyl (C=O) groups is 1. The van der Waals surface area contributed by atoms with Crippen LogP contribution in [0.15, 0.2) is 53.7 Å². The van der Waals surface area contributed by atoms with Gasteiger partial charge in [-0.25, -0.2) is 14.1 Å². The molecule has 0 aliphatic heterocycles. The SMILES string of the molecule is Cc1ccc(NC(=O)CSc2nc(C3CC3)n(-c3ccccc3)n2)c(F)c1. The Hall–Kier alpha value is -2.67. The van der Waals surface area contributed by atoms with Gasteiger partial charge in [0.2, 0.25) is 11.1 Å². The maximum Gasteiger partial charge on any atom is 0.234 e. The van der Waals surface area contributed by atoms with Crippen LogP contribution in [0.3, 0.4) is 0 Å². The first-order valence-corrected chi connectivity index (χ1v) is 9.80. The van der Waals surface area contributed by atoms with E-state index in [2.05, 4.69) is 15.4 Å². The molecule has 5 nitrogen and oxygen atoms in total. The van der Waals surface area contributed by atoms with E-state index < -0.39 is 5.82 Å². The van der Waals surface area contributed by atoms with E-state index in [0.29, 0.717) is 11.1 Å². The number of nitrogens with zero attached hydrogens (tertiary/aromatic N) is 3. The molecule has 1 N–H and O–H groups in total. The van der Waals surface area contributed by atoms with Crippen molar-refractivity contribution in [2.75, 3.05) is 11.1 Å². The quantitative estimate of drug-likeness (QED) is 0.645. The van der Waals surface area contributed by atoms with Crippen molar-refractivity contribution in [3.8, 4) is 5.69 Å². The highest BCUT2D eigenvalue weighted by Gasteiger charge is 2.30. The van der Waals surface area contributed by atoms with E-state index in [4.69, 9.17) is 0 Å². The molecular weight excluding hydrogens is 363 g/mol. The summed E-state index contributed by atoms with van der Waals surface area (Å²) in [6.07, 6.45) is 2.23. The largest absolute Gasteiger partial charge is 0.323 e. The Balaban J connectivity index is 1.44. The fourth-order valence-electron chi connectivity index (χ4n) is 2.77. The number of amides is 1. The molecule has 27 heavy (non-hydrogen) atoms. The van der Waals surface area contributed by atoms with Crippen molar-refractivity contribution in [3.05, 3.63) is 65.7 Å². The lowest BCUT2D eigenvalue weighted by Gasteiger charge is -2.06. The van der Waals surface area contributed by atoms with Crippen molar-refractivity contribution in [1.82, 2.24) is 14.8 Å². The highest BCUT2D eigenvalue weighted by Crippen LogP contribution is 2.40. The zero-order valence-electron chi connectivity index (χ0n) is 14.9. The Morgan fingerprint density at radius 2 is 2.04 bits per heavy atom. The summed E-state index contributed by atoms with van der Waals surface area (Å²) in [5.74, 6) is 0.773. The van der Waals surface area contributed by atoms with Crippen molar-refractivity contribution in [2.45, 2.75) is 30.8 Å². The van der Waals surface area contributed by atoms with E-state index in [1.807, 2.05) is 35.0 Å². The third-order valence-electron chi connectivity index (χ3n) is 4.29. The smallest absolute Gasteiger partial charge is 0.234 e. The summed E-state index contributed by atoms with van der Waals surface area (Å²) in [6, 6.07) is 14.6. The Kier molecular flexibility index (Phi) is 4.94. The van der Waals surface area contributed by atoms with Gasteiger partial charge in [-0.3, -0.25) is 4.79 Å². The second-order valence-electron chi connectivity index (χ2n) is 6.59. The number of benzene rings is 2. The minimum Gasteiger partial charge on any atom is -0.323 e. The zero-order valence-corrected chi connectivity index (χ0v) is 15.7. The average Bonchev–Trinajstić information content (AvgIpc) is 3.42. The molecule has 1 aromatic heterocycles. The van der Waals surface area contributed by atoms with Crippen LogP contribution in [0, 0.1) is 12.7 Å². The molecule has 0 bridgehead atoms. The lowest BCUT2D eigenvalue weighted by molar-refractivity contribution is -0.113. The topological polar surface area (TPSA) is 59.8 Å². The summed E-state index contributed by atoms with van der Waals surface area (Å²) in [7, 11) is 0. The molecular formula is C20H19FN4OS. The Labute approximate surface area is 161 Å². The molecule has 1 aliphatic carbocycles. The van der Waals surface area contributed by atoms with Gasteiger partial charge in [0.1, 0.15) is 11.6 Å². The van der Waals surface area contributed by atoms with Crippen molar-refractivity contribution in [3.63, 3.8) is 0 Å². The summed E-state index contributed by atoms with van der Waals surface area (Å²) in [6.45, 7) is 1.80. The van der Waals surface area contributed by atoms with Gasteiger partial charge < -0.3 is 5.32 Å². The van der Waals surface area contributed by atoms with E-state index in [1.54, 1.807) is 19.1 Å². The first-order chi connectivity index (χ1) is 13.1. The van der Waals surface area contributed by atoms with Crippen molar-refractivity contribution >= 4 is 23.4 Å². The Bertz CT molecular complexity index is 969. The van der Waals surface area contributed by atoms with Gasteiger partial charge in [-0.15, -0.1) is 5.10 Å². The predicted molar refractivity (Wildman–Crippen MR) is 104 cm³/mol. The van der Waals surface area contributed by atoms with Crippen LogP contribution < -0.4 is 5.32 Å². The van der Waals surface area contributed by atoms with Gasteiger partial charge in [-0.05, 0) is 49.6 Å². The fraction of sp³-hybridized carbons (Fsp3) is 0.250. The third-order valence-corrected chi connectivity index (χ3v) is 5.12. The highest BCUT2D eigenvalue weighted by atomic mass is 32.2. The summed E-state index contributed by atoms with van der Waals surface area (Å²) < 4.78 is 15.7. The van der Waals surface area contributed by atoms with Gasteiger partial charge in [0.15, 0.2) is 0 Å². The number of nitrogens with one attached hydrogen (secondary N) is 1. The van der Waals surface area contributed by atoms with E-state index in [1.165, 1.54) is 17.8 Å². The number of halogens is 1. The molecule has 4 rings (SSSR count). The number of aromatic nitrogens is 3. The normalized spacial score (nSPS) is 13.6. The molecule has 1 saturated carbocycles. The molecule has 1 aliphatic rings. The molecule has 0 spiro atoms. The van der Waals surface area contributed by atoms with E-state index in [0.717, 1.165) is 29.9 Å². The maximum absolute atomic E-state index is 13.9. The van der Waals surface area contributed by atoms with E-state index in [-0.39, 0.29) is 17.3 Å². The average molecular weight is 382 g/mol. The summed E-state index contributed by atoms with van der Waals surface area (Å²) >= 11 is 1.25. The maximum atomic E-state index is 13.9. The second kappa shape index (κ2) is 7.52. The number of aryl methyl sites for hydroxylation is 1. The number of para-hydroxylation sites is 1. The lowest BCUT2D eigenvalue weighted by Crippen LogP contribution is -2.15. The van der Waals surface area contributed by atoms with Crippen LogP contribution in [0.2, 0.25) is 0 Å². The van der Waals surface area contributed by atoms with Crippen LogP contribution in [-0.4, -0.2) is 26.4 Å². The Morgan fingerprint density at radius 3 is 2.74 bits per heavy atom. The number of anilines is 1. The molecule has 1 amide bonds. The second-order valence-corrected chi connectivity index (χ2v) is 7.54. The summed E-state index contributed by atoms with van der Waals surface area (Å²) in [4.78, 5) is 16.8. The molecule has 0 radical (unpaired) electrons. The van der Waals surface area contributed by atoms with Crippen LogP contribution in [0.5, 0.6) is 0 Å². The van der Waals surface area contributed by atoms with Gasteiger partial charge in [0.05, 0.1) is 17.1 Å². The van der Waals surface area contributed by atoms with Crippen molar-refractivity contribution in [1.29, 1.82) is 0 Å². The lowest BCUT2D eigenvalue weighted by atomic mass is 10.2. The minimum atomic E-state index is -0.434. The van der Waals surface area contributed by atoms with E-state index in [9.17, 15) is 9.18 Å². The molecule has 2 aromatic carbocycles. The summed E-state index contributed by atoms with van der Waals surface area (Å²) in [5.41, 5.74) is 1.96. The number of rotatable bonds is 6. The predicted octanol–water partition coefficient (Wildman–Crippen LogP) is 4.32. The monoisotopic (exact) mass is 382 g/mol. The van der Waals surface area contributed by atoms with Crippen LogP contribution in [0.25, 0.3) is 5.69 Å². The molecule has 1 fully saturated rings. The van der Waals surface area contributed by atoms with Gasteiger partial charge in [-0.1, -0.05) is 36.0 Å². The highest BCUT2D eigenvalue weighted by molar-refractivity contribution is 7.99. The van der Waals surface area contributed by atoms with Crippen LogP contribution >= 0.6 is 11.8 Å². The van der Waals surface area contributed by atoms with Crippen LogP contribution in [0.4, 0.5) is 10.1 Å². The van der Waals surface area contributed by atoms with Gasteiger partial charge >= 0.3 is 0 Å².